The number of benzene rings is 1. The highest BCUT2D eigenvalue weighted by atomic mass is 19.2. The Bertz CT molecular complexity index is 498. The summed E-state index contributed by atoms with van der Waals surface area (Å²) in [6.45, 7) is 2.70. The van der Waals surface area contributed by atoms with Gasteiger partial charge in [-0.25, -0.2) is 13.6 Å². The van der Waals surface area contributed by atoms with Gasteiger partial charge in [0.05, 0.1) is 11.3 Å². The van der Waals surface area contributed by atoms with Crippen LogP contribution in [-0.2, 0) is 0 Å². The van der Waals surface area contributed by atoms with Crippen LogP contribution in [0.4, 0.5) is 14.5 Å². The van der Waals surface area contributed by atoms with Crippen molar-refractivity contribution in [2.45, 2.75) is 32.6 Å². The molecule has 19 heavy (non-hydrogen) atoms. The summed E-state index contributed by atoms with van der Waals surface area (Å²) in [6.07, 6.45) is 4.34. The van der Waals surface area contributed by atoms with E-state index < -0.39 is 23.2 Å². The second kappa shape index (κ2) is 5.15. The Morgan fingerprint density at radius 1 is 1.37 bits per heavy atom. The third-order valence-electron chi connectivity index (χ3n) is 3.70. The van der Waals surface area contributed by atoms with Gasteiger partial charge in [-0.05, 0) is 36.8 Å². The van der Waals surface area contributed by atoms with Crippen LogP contribution in [0.25, 0.3) is 0 Å². The van der Waals surface area contributed by atoms with Gasteiger partial charge in [0.25, 0.3) is 0 Å². The Hall–Kier alpha value is -1.65. The van der Waals surface area contributed by atoms with Crippen molar-refractivity contribution in [2.75, 3.05) is 11.9 Å². The lowest BCUT2D eigenvalue weighted by Gasteiger charge is -2.16. The van der Waals surface area contributed by atoms with Crippen LogP contribution in [0.15, 0.2) is 12.1 Å². The zero-order chi connectivity index (χ0) is 14.0. The van der Waals surface area contributed by atoms with Crippen LogP contribution < -0.4 is 5.32 Å². The quantitative estimate of drug-likeness (QED) is 0.828. The van der Waals surface area contributed by atoms with E-state index in [1.165, 1.54) is 6.07 Å². The first-order valence-corrected chi connectivity index (χ1v) is 6.44. The third-order valence-corrected chi connectivity index (χ3v) is 3.70. The standard InChI is InChI=1S/C14H17F2NO2/c1-2-5-14(6-7-14)8-17-10-4-3-9(13(18)19)11(15)12(10)16/h3-4,17H,2,5-8H2,1H3,(H,18,19). The molecule has 0 aromatic heterocycles. The fourth-order valence-corrected chi connectivity index (χ4v) is 2.36. The molecule has 0 aliphatic heterocycles. The molecule has 0 heterocycles. The molecule has 3 nitrogen and oxygen atoms in total. The van der Waals surface area contributed by atoms with E-state index >= 15 is 0 Å². The molecule has 1 aliphatic rings. The fourth-order valence-electron chi connectivity index (χ4n) is 2.36. The van der Waals surface area contributed by atoms with Crippen molar-refractivity contribution in [3.05, 3.63) is 29.3 Å². The maximum Gasteiger partial charge on any atom is 0.338 e. The van der Waals surface area contributed by atoms with E-state index in [0.717, 1.165) is 31.7 Å². The summed E-state index contributed by atoms with van der Waals surface area (Å²) < 4.78 is 27.2. The number of hydrogen-bond acceptors (Lipinski definition) is 2. The summed E-state index contributed by atoms with van der Waals surface area (Å²) in [5.74, 6) is -3.89. The Morgan fingerprint density at radius 3 is 2.58 bits per heavy atom. The highest BCUT2D eigenvalue weighted by Gasteiger charge is 2.41. The molecule has 104 valence electrons. The summed E-state index contributed by atoms with van der Waals surface area (Å²) in [7, 11) is 0. The minimum Gasteiger partial charge on any atom is -0.478 e. The van der Waals surface area contributed by atoms with Gasteiger partial charge >= 0.3 is 5.97 Å². The Morgan fingerprint density at radius 2 is 2.05 bits per heavy atom. The molecular formula is C14H17F2NO2. The van der Waals surface area contributed by atoms with Gasteiger partial charge in [-0.15, -0.1) is 0 Å². The first-order valence-electron chi connectivity index (χ1n) is 6.44. The van der Waals surface area contributed by atoms with Gasteiger partial charge in [0.2, 0.25) is 0 Å². The summed E-state index contributed by atoms with van der Waals surface area (Å²) in [6, 6.07) is 2.37. The minimum absolute atomic E-state index is 0.0323. The molecule has 1 aliphatic carbocycles. The lowest BCUT2D eigenvalue weighted by molar-refractivity contribution is 0.0690. The van der Waals surface area contributed by atoms with E-state index in [1.54, 1.807) is 0 Å². The normalized spacial score (nSPS) is 16.2. The van der Waals surface area contributed by atoms with E-state index in [2.05, 4.69) is 12.2 Å². The molecule has 2 N–H and O–H groups in total. The molecule has 2 rings (SSSR count). The average molecular weight is 269 g/mol. The van der Waals surface area contributed by atoms with Crippen molar-refractivity contribution in [2.24, 2.45) is 5.41 Å². The minimum atomic E-state index is -1.47. The first-order chi connectivity index (χ1) is 8.99. The molecule has 0 saturated heterocycles. The van der Waals surface area contributed by atoms with Crippen LogP contribution in [0.1, 0.15) is 43.0 Å². The van der Waals surface area contributed by atoms with Gasteiger partial charge in [0, 0.05) is 6.54 Å². The van der Waals surface area contributed by atoms with Gasteiger partial charge in [-0.2, -0.15) is 0 Å². The number of aromatic carboxylic acids is 1. The topological polar surface area (TPSA) is 49.3 Å². The lowest BCUT2D eigenvalue weighted by atomic mass is 10.0. The molecule has 1 saturated carbocycles. The number of rotatable bonds is 6. The third kappa shape index (κ3) is 2.85. The fraction of sp³-hybridized carbons (Fsp3) is 0.500. The van der Waals surface area contributed by atoms with Crippen LogP contribution in [0.5, 0.6) is 0 Å². The van der Waals surface area contributed by atoms with E-state index in [-0.39, 0.29) is 11.1 Å². The van der Waals surface area contributed by atoms with Gasteiger partial charge in [0.15, 0.2) is 11.6 Å². The zero-order valence-corrected chi connectivity index (χ0v) is 10.8. The maximum absolute atomic E-state index is 13.7. The molecule has 1 fully saturated rings. The predicted molar refractivity (Wildman–Crippen MR) is 68.4 cm³/mol. The number of carbonyl (C=O) groups is 1. The number of nitrogens with one attached hydrogen (secondary N) is 1. The van der Waals surface area contributed by atoms with Gasteiger partial charge < -0.3 is 10.4 Å². The van der Waals surface area contributed by atoms with Gasteiger partial charge in [-0.1, -0.05) is 13.3 Å². The number of hydrogen-bond donors (Lipinski definition) is 2. The molecule has 0 atom stereocenters. The molecule has 0 unspecified atom stereocenters. The Kier molecular flexibility index (Phi) is 3.73. The van der Waals surface area contributed by atoms with Crippen molar-refractivity contribution in [1.82, 2.24) is 0 Å². The van der Waals surface area contributed by atoms with Crippen LogP contribution in [0.3, 0.4) is 0 Å². The van der Waals surface area contributed by atoms with Crippen molar-refractivity contribution in [3.8, 4) is 0 Å². The van der Waals surface area contributed by atoms with Crippen LogP contribution in [0, 0.1) is 17.0 Å². The SMILES string of the molecule is CCCC1(CNc2ccc(C(=O)O)c(F)c2F)CC1. The van der Waals surface area contributed by atoms with E-state index in [1.807, 2.05) is 0 Å². The van der Waals surface area contributed by atoms with Crippen molar-refractivity contribution in [3.63, 3.8) is 0 Å². The number of carboxylic acids is 1. The summed E-state index contributed by atoms with van der Waals surface area (Å²) in [5, 5.41) is 11.6. The number of carboxylic acid groups (broad SMARTS) is 1. The molecule has 1 aromatic carbocycles. The number of anilines is 1. The number of halogens is 2. The second-order valence-corrected chi connectivity index (χ2v) is 5.20. The monoisotopic (exact) mass is 269 g/mol. The molecular weight excluding hydrogens is 252 g/mol. The van der Waals surface area contributed by atoms with E-state index in [9.17, 15) is 13.6 Å². The summed E-state index contributed by atoms with van der Waals surface area (Å²) in [4.78, 5) is 10.7. The highest BCUT2D eigenvalue weighted by molar-refractivity contribution is 5.88. The molecule has 1 aromatic rings. The Balaban J connectivity index is 2.09. The molecule has 0 bridgehead atoms. The Labute approximate surface area is 110 Å². The average Bonchev–Trinajstić information content (AvgIpc) is 3.11. The smallest absolute Gasteiger partial charge is 0.338 e. The summed E-state index contributed by atoms with van der Waals surface area (Å²) >= 11 is 0. The van der Waals surface area contributed by atoms with Gasteiger partial charge in [0.1, 0.15) is 0 Å². The van der Waals surface area contributed by atoms with Crippen molar-refractivity contribution in [1.29, 1.82) is 0 Å². The predicted octanol–water partition coefficient (Wildman–Crippen LogP) is 3.66. The lowest BCUT2D eigenvalue weighted by Crippen LogP contribution is -2.16. The van der Waals surface area contributed by atoms with E-state index in [0.29, 0.717) is 6.54 Å². The van der Waals surface area contributed by atoms with Crippen LogP contribution >= 0.6 is 0 Å². The zero-order valence-electron chi connectivity index (χ0n) is 10.8. The molecule has 5 heteroatoms. The van der Waals surface area contributed by atoms with Crippen LogP contribution in [-0.4, -0.2) is 17.6 Å². The van der Waals surface area contributed by atoms with E-state index in [4.69, 9.17) is 5.11 Å². The largest absolute Gasteiger partial charge is 0.478 e. The first kappa shape index (κ1) is 13.8. The molecule has 0 amide bonds. The highest BCUT2D eigenvalue weighted by Crippen LogP contribution is 2.49. The summed E-state index contributed by atoms with van der Waals surface area (Å²) in [5.41, 5.74) is -0.397. The molecule has 0 radical (unpaired) electrons. The maximum atomic E-state index is 13.7. The second-order valence-electron chi connectivity index (χ2n) is 5.20. The van der Waals surface area contributed by atoms with Gasteiger partial charge in [-0.3, -0.25) is 0 Å². The van der Waals surface area contributed by atoms with Crippen molar-refractivity contribution < 1.29 is 18.7 Å². The van der Waals surface area contributed by atoms with Crippen molar-refractivity contribution >= 4 is 11.7 Å². The molecule has 0 spiro atoms. The van der Waals surface area contributed by atoms with Crippen LogP contribution in [0.2, 0.25) is 0 Å².